The van der Waals surface area contributed by atoms with Crippen molar-refractivity contribution in [1.82, 2.24) is 14.8 Å². The SMILES string of the molecule is O=C(O)c1ccc(-c2nn(C(=O)c3c(Cl)cccc3OC3CC3)c3cccnc23)cc1. The van der Waals surface area contributed by atoms with Crippen molar-refractivity contribution >= 4 is 34.5 Å². The summed E-state index contributed by atoms with van der Waals surface area (Å²) in [6.07, 6.45) is 3.62. The summed E-state index contributed by atoms with van der Waals surface area (Å²) >= 11 is 6.39. The zero-order valence-electron chi connectivity index (χ0n) is 16.2. The van der Waals surface area contributed by atoms with Crippen LogP contribution in [0.15, 0.2) is 60.8 Å². The van der Waals surface area contributed by atoms with E-state index in [0.29, 0.717) is 28.0 Å². The molecular formula is C23H16ClN3O4. The van der Waals surface area contributed by atoms with Gasteiger partial charge in [0.15, 0.2) is 0 Å². The van der Waals surface area contributed by atoms with E-state index in [4.69, 9.17) is 21.4 Å². The summed E-state index contributed by atoms with van der Waals surface area (Å²) < 4.78 is 7.17. The molecule has 2 heterocycles. The van der Waals surface area contributed by atoms with Crippen LogP contribution in [-0.2, 0) is 0 Å². The smallest absolute Gasteiger partial charge is 0.335 e. The normalized spacial score (nSPS) is 13.3. The largest absolute Gasteiger partial charge is 0.490 e. The van der Waals surface area contributed by atoms with Gasteiger partial charge in [-0.1, -0.05) is 29.8 Å². The van der Waals surface area contributed by atoms with E-state index in [-0.39, 0.29) is 22.3 Å². The Hall–Kier alpha value is -3.71. The highest BCUT2D eigenvalue weighted by Gasteiger charge is 2.28. The lowest BCUT2D eigenvalue weighted by atomic mass is 10.1. The first-order valence-corrected chi connectivity index (χ1v) is 10.1. The molecule has 2 aromatic carbocycles. The lowest BCUT2D eigenvalue weighted by Gasteiger charge is -2.12. The minimum atomic E-state index is -1.02. The number of carboxylic acids is 1. The molecule has 5 rings (SSSR count). The van der Waals surface area contributed by atoms with Crippen molar-refractivity contribution in [1.29, 1.82) is 0 Å². The van der Waals surface area contributed by atoms with Gasteiger partial charge in [0, 0.05) is 11.8 Å². The molecule has 0 radical (unpaired) electrons. The Labute approximate surface area is 181 Å². The molecule has 8 heteroatoms. The number of hydrogen-bond donors (Lipinski definition) is 1. The summed E-state index contributed by atoms with van der Waals surface area (Å²) in [7, 11) is 0. The highest BCUT2D eigenvalue weighted by molar-refractivity contribution is 6.34. The molecule has 154 valence electrons. The van der Waals surface area contributed by atoms with E-state index in [9.17, 15) is 9.59 Å². The molecule has 1 fully saturated rings. The van der Waals surface area contributed by atoms with E-state index >= 15 is 0 Å². The van der Waals surface area contributed by atoms with Crippen LogP contribution in [0.5, 0.6) is 5.75 Å². The first kappa shape index (κ1) is 19.3. The quantitative estimate of drug-likeness (QED) is 0.491. The molecule has 1 N–H and O–H groups in total. The number of hydrogen-bond acceptors (Lipinski definition) is 5. The topological polar surface area (TPSA) is 94.3 Å². The van der Waals surface area contributed by atoms with Gasteiger partial charge in [-0.25, -0.2) is 4.79 Å². The van der Waals surface area contributed by atoms with Crippen LogP contribution in [-0.4, -0.2) is 37.9 Å². The number of fused-ring (bicyclic) bond motifs is 1. The number of carbonyl (C=O) groups is 2. The summed E-state index contributed by atoms with van der Waals surface area (Å²) in [5.74, 6) is -1.01. The van der Waals surface area contributed by atoms with Crippen molar-refractivity contribution in [3.05, 3.63) is 76.9 Å². The molecule has 1 saturated carbocycles. The second-order valence-corrected chi connectivity index (χ2v) is 7.66. The zero-order chi connectivity index (χ0) is 21.5. The number of rotatable bonds is 5. The fourth-order valence-corrected chi connectivity index (χ4v) is 3.60. The van der Waals surface area contributed by atoms with E-state index < -0.39 is 11.9 Å². The Morgan fingerprint density at radius 2 is 1.84 bits per heavy atom. The predicted octanol–water partition coefficient (Wildman–Crippen LogP) is 4.68. The number of aromatic carboxylic acids is 1. The van der Waals surface area contributed by atoms with E-state index in [2.05, 4.69) is 10.1 Å². The van der Waals surface area contributed by atoms with Gasteiger partial charge in [-0.05, 0) is 49.2 Å². The van der Waals surface area contributed by atoms with Gasteiger partial charge in [0.25, 0.3) is 5.91 Å². The van der Waals surface area contributed by atoms with Gasteiger partial charge >= 0.3 is 5.97 Å². The van der Waals surface area contributed by atoms with Gasteiger partial charge < -0.3 is 9.84 Å². The van der Waals surface area contributed by atoms with Crippen molar-refractivity contribution in [2.24, 2.45) is 0 Å². The summed E-state index contributed by atoms with van der Waals surface area (Å²) in [6.45, 7) is 0. The lowest BCUT2D eigenvalue weighted by molar-refractivity contribution is 0.0696. The summed E-state index contributed by atoms with van der Waals surface area (Å²) in [5.41, 5.74) is 2.57. The van der Waals surface area contributed by atoms with Crippen molar-refractivity contribution in [2.45, 2.75) is 18.9 Å². The Kier molecular flexibility index (Phi) is 4.67. The molecule has 31 heavy (non-hydrogen) atoms. The molecule has 2 aromatic heterocycles. The molecule has 0 aliphatic heterocycles. The molecule has 0 spiro atoms. The highest BCUT2D eigenvalue weighted by atomic mass is 35.5. The third kappa shape index (κ3) is 3.53. The molecule has 0 unspecified atom stereocenters. The Balaban J connectivity index is 1.63. The number of carbonyl (C=O) groups excluding carboxylic acids is 1. The first-order valence-electron chi connectivity index (χ1n) is 9.70. The molecule has 7 nitrogen and oxygen atoms in total. The van der Waals surface area contributed by atoms with Crippen LogP contribution >= 0.6 is 11.6 Å². The summed E-state index contributed by atoms with van der Waals surface area (Å²) in [6, 6.07) is 14.9. The van der Waals surface area contributed by atoms with Crippen molar-refractivity contribution in [3.63, 3.8) is 0 Å². The third-order valence-electron chi connectivity index (χ3n) is 5.04. The molecule has 4 aromatic rings. The van der Waals surface area contributed by atoms with Crippen LogP contribution in [0, 0.1) is 0 Å². The Morgan fingerprint density at radius 1 is 1.06 bits per heavy atom. The monoisotopic (exact) mass is 433 g/mol. The average Bonchev–Trinajstić information content (AvgIpc) is 3.50. The average molecular weight is 434 g/mol. The highest BCUT2D eigenvalue weighted by Crippen LogP contribution is 2.34. The van der Waals surface area contributed by atoms with Crippen molar-refractivity contribution < 1.29 is 19.4 Å². The molecule has 0 saturated heterocycles. The number of pyridine rings is 1. The fourth-order valence-electron chi connectivity index (χ4n) is 3.35. The number of ether oxygens (including phenoxy) is 1. The lowest BCUT2D eigenvalue weighted by Crippen LogP contribution is -2.16. The first-order chi connectivity index (χ1) is 15.0. The number of benzene rings is 2. The predicted molar refractivity (Wildman–Crippen MR) is 115 cm³/mol. The van der Waals surface area contributed by atoms with Gasteiger partial charge in [0.05, 0.1) is 22.2 Å². The van der Waals surface area contributed by atoms with E-state index in [1.807, 2.05) is 0 Å². The molecule has 0 bridgehead atoms. The van der Waals surface area contributed by atoms with Crippen LogP contribution < -0.4 is 4.74 Å². The molecule has 1 aliphatic rings. The van der Waals surface area contributed by atoms with Gasteiger partial charge in [0.1, 0.15) is 22.5 Å². The minimum Gasteiger partial charge on any atom is -0.490 e. The van der Waals surface area contributed by atoms with Gasteiger partial charge in [-0.15, -0.1) is 0 Å². The maximum absolute atomic E-state index is 13.5. The molecule has 0 amide bonds. The minimum absolute atomic E-state index is 0.101. The van der Waals surface area contributed by atoms with Gasteiger partial charge in [-0.3, -0.25) is 9.78 Å². The summed E-state index contributed by atoms with van der Waals surface area (Å²) in [5, 5.41) is 13.9. The maximum atomic E-state index is 13.5. The zero-order valence-corrected chi connectivity index (χ0v) is 16.9. The van der Waals surface area contributed by atoms with Crippen LogP contribution in [0.1, 0.15) is 33.6 Å². The molecule has 1 aliphatic carbocycles. The van der Waals surface area contributed by atoms with Crippen molar-refractivity contribution in [2.75, 3.05) is 0 Å². The molecule has 0 atom stereocenters. The Morgan fingerprint density at radius 3 is 2.55 bits per heavy atom. The van der Waals surface area contributed by atoms with Crippen molar-refractivity contribution in [3.8, 4) is 17.0 Å². The second kappa shape index (κ2) is 7.52. The van der Waals surface area contributed by atoms with Crippen LogP contribution in [0.25, 0.3) is 22.3 Å². The number of nitrogens with zero attached hydrogens (tertiary/aromatic N) is 3. The van der Waals surface area contributed by atoms with Gasteiger partial charge in [-0.2, -0.15) is 9.78 Å². The molecular weight excluding hydrogens is 418 g/mol. The summed E-state index contributed by atoms with van der Waals surface area (Å²) in [4.78, 5) is 29.1. The van der Waals surface area contributed by atoms with E-state index in [1.54, 1.807) is 48.7 Å². The number of aromatic nitrogens is 3. The Bertz CT molecular complexity index is 1330. The van der Waals surface area contributed by atoms with Crippen LogP contribution in [0.2, 0.25) is 5.02 Å². The second-order valence-electron chi connectivity index (χ2n) is 7.25. The standard InChI is InChI=1S/C23H16ClN3O4/c24-16-3-1-5-18(31-15-10-11-15)19(16)22(28)27-17-4-2-12-25-21(17)20(26-27)13-6-8-14(9-7-13)23(29)30/h1-9,12,15H,10-11H2,(H,29,30). The fraction of sp³-hybridized carbons (Fsp3) is 0.130. The van der Waals surface area contributed by atoms with E-state index in [0.717, 1.165) is 12.8 Å². The number of carboxylic acid groups (broad SMARTS) is 1. The van der Waals surface area contributed by atoms with Gasteiger partial charge in [0.2, 0.25) is 0 Å². The van der Waals surface area contributed by atoms with Crippen LogP contribution in [0.4, 0.5) is 0 Å². The maximum Gasteiger partial charge on any atom is 0.335 e. The van der Waals surface area contributed by atoms with E-state index in [1.165, 1.54) is 16.8 Å². The van der Waals surface area contributed by atoms with Crippen LogP contribution in [0.3, 0.4) is 0 Å². The third-order valence-corrected chi connectivity index (χ3v) is 5.36. The number of halogens is 1.